The summed E-state index contributed by atoms with van der Waals surface area (Å²) in [7, 11) is 0. The van der Waals surface area contributed by atoms with Gasteiger partial charge in [-0.3, -0.25) is 4.79 Å². The van der Waals surface area contributed by atoms with Crippen LogP contribution in [0.3, 0.4) is 0 Å². The zero-order chi connectivity index (χ0) is 20.9. The summed E-state index contributed by atoms with van der Waals surface area (Å²) >= 11 is 0. The van der Waals surface area contributed by atoms with Crippen LogP contribution >= 0.6 is 0 Å². The zero-order valence-electron chi connectivity index (χ0n) is 17.6. The lowest BCUT2D eigenvalue weighted by Gasteiger charge is -2.00. The van der Waals surface area contributed by atoms with Crippen LogP contribution in [0.25, 0.3) is 0 Å². The van der Waals surface area contributed by atoms with Gasteiger partial charge in [-0.1, -0.05) is 69.9 Å². The molecule has 0 unspecified atom stereocenters. The maximum Gasteiger partial charge on any atom is 0.505 e. The van der Waals surface area contributed by atoms with Gasteiger partial charge in [0.15, 0.2) is 0 Å². The van der Waals surface area contributed by atoms with E-state index in [9.17, 15) is 9.59 Å². The molecule has 160 valence electrons. The third-order valence-electron chi connectivity index (χ3n) is 4.29. The van der Waals surface area contributed by atoms with Crippen LogP contribution in [-0.4, -0.2) is 23.8 Å². The number of allylic oxidation sites excluding steroid dienone is 5. The summed E-state index contributed by atoms with van der Waals surface area (Å²) in [5.74, 6) is 0.102. The van der Waals surface area contributed by atoms with Crippen molar-refractivity contribution >= 4 is 12.1 Å². The quantitative estimate of drug-likeness (QED) is 0.200. The van der Waals surface area contributed by atoms with Gasteiger partial charge in [-0.05, 0) is 44.9 Å². The van der Waals surface area contributed by atoms with E-state index < -0.39 is 6.16 Å². The number of unbranched alkanes of at least 4 members (excludes halogenated alkanes) is 8. The lowest BCUT2D eigenvalue weighted by atomic mass is 10.1. The second-order valence-electron chi connectivity index (χ2n) is 7.00. The zero-order valence-corrected chi connectivity index (χ0v) is 17.6. The third kappa shape index (κ3) is 20.3. The monoisotopic (exact) mass is 393 g/mol. The minimum Gasteiger partial charge on any atom is -0.450 e. The lowest BCUT2D eigenvalue weighted by molar-refractivity contribution is -0.118. The summed E-state index contributed by atoms with van der Waals surface area (Å²) in [6, 6.07) is 0. The number of carbonyl (C=O) groups is 2. The predicted octanol–water partition coefficient (Wildman–Crippen LogP) is 6.51. The van der Waals surface area contributed by atoms with Crippen molar-refractivity contribution in [2.24, 2.45) is 0 Å². The number of hydrogen-bond acceptors (Lipinski definition) is 3. The molecule has 1 amide bonds. The second kappa shape index (κ2) is 19.7. The van der Waals surface area contributed by atoms with Gasteiger partial charge in [-0.15, -0.1) is 0 Å². The fraction of sp³-hybridized carbons (Fsp3) is 0.652. The topological polar surface area (TPSA) is 75.6 Å². The van der Waals surface area contributed by atoms with Gasteiger partial charge in [-0.25, -0.2) is 4.79 Å². The summed E-state index contributed by atoms with van der Waals surface area (Å²) < 4.78 is 4.45. The van der Waals surface area contributed by atoms with Crippen LogP contribution in [-0.2, 0) is 9.53 Å². The fourth-order valence-electron chi connectivity index (χ4n) is 2.66. The van der Waals surface area contributed by atoms with Crippen LogP contribution < -0.4 is 5.32 Å². The van der Waals surface area contributed by atoms with Crippen molar-refractivity contribution < 1.29 is 19.4 Å². The first-order valence-corrected chi connectivity index (χ1v) is 10.7. The highest BCUT2D eigenvalue weighted by Crippen LogP contribution is 2.07. The molecule has 1 heterocycles. The maximum atomic E-state index is 10.3. The van der Waals surface area contributed by atoms with E-state index in [1.54, 1.807) is 0 Å². The lowest BCUT2D eigenvalue weighted by Crippen LogP contribution is -2.10. The van der Waals surface area contributed by atoms with E-state index in [2.05, 4.69) is 47.9 Å². The van der Waals surface area contributed by atoms with E-state index >= 15 is 0 Å². The maximum absolute atomic E-state index is 10.3. The van der Waals surface area contributed by atoms with Crippen LogP contribution in [0.5, 0.6) is 0 Å². The Balaban J connectivity index is 0.000000861. The van der Waals surface area contributed by atoms with Gasteiger partial charge < -0.3 is 15.2 Å². The minimum atomic E-state index is -1.17. The molecule has 1 saturated heterocycles. The Bertz CT molecular complexity index is 469. The Hall–Kier alpha value is -2.04. The minimum absolute atomic E-state index is 0.102. The number of ether oxygens (including phenoxy) is 1. The van der Waals surface area contributed by atoms with Crippen LogP contribution in [0.15, 0.2) is 36.6 Å². The molecule has 0 bridgehead atoms. The third-order valence-corrected chi connectivity index (χ3v) is 4.29. The summed E-state index contributed by atoms with van der Waals surface area (Å²) in [6.07, 6.45) is 22.2. The molecule has 1 aliphatic heterocycles. The number of rotatable bonds is 14. The first-order chi connectivity index (χ1) is 13.6. The molecule has 2 N–H and O–H groups in total. The molecular formula is C23H39NO4. The largest absolute Gasteiger partial charge is 0.505 e. The van der Waals surface area contributed by atoms with Crippen LogP contribution in [0, 0.1) is 0 Å². The number of carbonyl (C=O) groups excluding carboxylic acids is 1. The van der Waals surface area contributed by atoms with Crippen LogP contribution in [0.4, 0.5) is 4.79 Å². The molecule has 1 rings (SSSR count). The van der Waals surface area contributed by atoms with E-state index in [1.165, 1.54) is 38.5 Å². The number of hydrogen-bond donors (Lipinski definition) is 2. The molecular weight excluding hydrogens is 354 g/mol. The molecule has 1 aliphatic rings. The first kappa shape index (κ1) is 26.0. The van der Waals surface area contributed by atoms with Gasteiger partial charge in [0.2, 0.25) is 5.91 Å². The van der Waals surface area contributed by atoms with E-state index in [1.807, 2.05) is 0 Å². The fourth-order valence-corrected chi connectivity index (χ4v) is 2.66. The standard InChI is InChI=1S/C18H32O3.C5H7NO/c1-2-3-4-5-6-7-8-9-10-11-12-13-14-15-16-17-21-18(19)20;1-4-2-3-5(7)6-4/h6-7,9-10H,2-5,8,11-17H2,1H3,(H,19,20);1-3H2,(H,6,7)/b7-6-,10-9+;. The Morgan fingerprint density at radius 3 is 2.11 bits per heavy atom. The molecule has 0 aromatic heterocycles. The Kier molecular flexibility index (Phi) is 18.3. The predicted molar refractivity (Wildman–Crippen MR) is 115 cm³/mol. The summed E-state index contributed by atoms with van der Waals surface area (Å²) in [6.45, 7) is 6.14. The molecule has 1 fully saturated rings. The molecule has 0 atom stereocenters. The van der Waals surface area contributed by atoms with Gasteiger partial charge in [0.25, 0.3) is 0 Å². The van der Waals surface area contributed by atoms with E-state index in [0.29, 0.717) is 13.0 Å². The molecule has 5 nitrogen and oxygen atoms in total. The van der Waals surface area contributed by atoms with E-state index in [4.69, 9.17) is 5.11 Å². The molecule has 0 radical (unpaired) electrons. The molecule has 0 aromatic carbocycles. The SMILES string of the molecule is C=C1CCC(=O)N1.CCCCC/C=C\C/C=C/CCCCCCCOC(=O)O. The molecule has 0 aliphatic carbocycles. The second-order valence-corrected chi connectivity index (χ2v) is 7.00. The summed E-state index contributed by atoms with van der Waals surface area (Å²) in [5.41, 5.74) is 0.852. The molecule has 0 aromatic rings. The van der Waals surface area contributed by atoms with Gasteiger partial charge in [0.1, 0.15) is 0 Å². The summed E-state index contributed by atoms with van der Waals surface area (Å²) in [5, 5.41) is 10.9. The first-order valence-electron chi connectivity index (χ1n) is 10.7. The van der Waals surface area contributed by atoms with Crippen molar-refractivity contribution in [3.05, 3.63) is 36.6 Å². The number of nitrogens with one attached hydrogen (secondary N) is 1. The van der Waals surface area contributed by atoms with Gasteiger partial charge in [-0.2, -0.15) is 0 Å². The summed E-state index contributed by atoms with van der Waals surface area (Å²) in [4.78, 5) is 20.4. The van der Waals surface area contributed by atoms with Crippen molar-refractivity contribution in [2.45, 2.75) is 90.4 Å². The van der Waals surface area contributed by atoms with Gasteiger partial charge >= 0.3 is 6.16 Å². The Morgan fingerprint density at radius 1 is 1.00 bits per heavy atom. The molecule has 0 spiro atoms. The van der Waals surface area contributed by atoms with E-state index in [0.717, 1.165) is 44.2 Å². The number of amides is 1. The smallest absolute Gasteiger partial charge is 0.450 e. The van der Waals surface area contributed by atoms with Gasteiger partial charge in [0.05, 0.1) is 6.61 Å². The average Bonchev–Trinajstić information content (AvgIpc) is 3.04. The molecule has 0 saturated carbocycles. The van der Waals surface area contributed by atoms with Crippen molar-refractivity contribution in [1.29, 1.82) is 0 Å². The van der Waals surface area contributed by atoms with Crippen LogP contribution in [0.1, 0.15) is 90.4 Å². The Labute approximate surface area is 170 Å². The highest BCUT2D eigenvalue weighted by molar-refractivity contribution is 5.80. The van der Waals surface area contributed by atoms with Crippen molar-refractivity contribution in [3.8, 4) is 0 Å². The highest BCUT2D eigenvalue weighted by atomic mass is 16.7. The van der Waals surface area contributed by atoms with Crippen molar-refractivity contribution in [2.75, 3.05) is 6.61 Å². The van der Waals surface area contributed by atoms with E-state index in [-0.39, 0.29) is 5.91 Å². The highest BCUT2D eigenvalue weighted by Gasteiger charge is 2.10. The Morgan fingerprint density at radius 2 is 1.61 bits per heavy atom. The normalized spacial score (nSPS) is 13.6. The average molecular weight is 394 g/mol. The molecule has 5 heteroatoms. The molecule has 28 heavy (non-hydrogen) atoms. The van der Waals surface area contributed by atoms with Gasteiger partial charge in [0, 0.05) is 12.1 Å². The van der Waals surface area contributed by atoms with Crippen molar-refractivity contribution in [1.82, 2.24) is 5.32 Å². The van der Waals surface area contributed by atoms with Crippen LogP contribution in [0.2, 0.25) is 0 Å². The number of carboxylic acid groups (broad SMARTS) is 1. The van der Waals surface area contributed by atoms with Crippen molar-refractivity contribution in [3.63, 3.8) is 0 Å².